The highest BCUT2D eigenvalue weighted by molar-refractivity contribution is 6.60. The van der Waals surface area contributed by atoms with Crippen LogP contribution in [0.3, 0.4) is 0 Å². The smallest absolute Gasteiger partial charge is 0.374 e. The van der Waals surface area contributed by atoms with E-state index >= 15 is 0 Å². The largest absolute Gasteiger partial charge is 0.500 e. The van der Waals surface area contributed by atoms with Gasteiger partial charge in [0.05, 0.1) is 0 Å². The van der Waals surface area contributed by atoms with Crippen LogP contribution in [0.5, 0.6) is 0 Å². The molecule has 0 heterocycles. The van der Waals surface area contributed by atoms with Crippen molar-refractivity contribution in [3.63, 3.8) is 0 Å². The molecule has 15 heavy (non-hydrogen) atoms. The third-order valence-electron chi connectivity index (χ3n) is 2.18. The lowest BCUT2D eigenvalue weighted by atomic mass is 10.3. The van der Waals surface area contributed by atoms with Gasteiger partial charge in [0.1, 0.15) is 0 Å². The van der Waals surface area contributed by atoms with Crippen LogP contribution in [0.2, 0.25) is 6.04 Å². The summed E-state index contributed by atoms with van der Waals surface area (Å²) in [5, 5.41) is 0. The fourth-order valence-corrected chi connectivity index (χ4v) is 4.28. The molecule has 0 atom stereocenters. The van der Waals surface area contributed by atoms with Gasteiger partial charge in [-0.05, 0) is 27.2 Å². The molecule has 0 aromatic carbocycles. The van der Waals surface area contributed by atoms with Crippen LogP contribution in [0.4, 0.5) is 0 Å². The number of hydrogen-bond donors (Lipinski definition) is 0. The Kier molecular flexibility index (Phi) is 9.39. The summed E-state index contributed by atoms with van der Waals surface area (Å²) >= 11 is 0. The molecule has 0 aliphatic carbocycles. The SMILES string of the molecule is CCCCC[Si](OCC)(OCC)OCC. The standard InChI is InChI=1S/C11H26O3Si/c1-5-9-10-11-15(12-6-2,13-7-3)14-8-4/h5-11H2,1-4H3. The Bertz CT molecular complexity index is 125. The van der Waals surface area contributed by atoms with Crippen molar-refractivity contribution in [2.24, 2.45) is 0 Å². The quantitative estimate of drug-likeness (QED) is 0.429. The maximum absolute atomic E-state index is 5.75. The zero-order valence-electron chi connectivity index (χ0n) is 10.7. The van der Waals surface area contributed by atoms with Crippen molar-refractivity contribution in [2.45, 2.75) is 53.0 Å². The number of unbranched alkanes of at least 4 members (excludes halogenated alkanes) is 2. The van der Waals surface area contributed by atoms with Crippen molar-refractivity contribution in [3.8, 4) is 0 Å². The van der Waals surface area contributed by atoms with Gasteiger partial charge in [-0.2, -0.15) is 0 Å². The summed E-state index contributed by atoms with van der Waals surface area (Å²) in [4.78, 5) is 0. The fourth-order valence-electron chi connectivity index (χ4n) is 1.59. The summed E-state index contributed by atoms with van der Waals surface area (Å²) < 4.78 is 17.3. The van der Waals surface area contributed by atoms with Crippen LogP contribution in [0.1, 0.15) is 47.0 Å². The third-order valence-corrected chi connectivity index (χ3v) is 5.33. The molecule has 92 valence electrons. The van der Waals surface area contributed by atoms with Gasteiger partial charge in [0.15, 0.2) is 0 Å². The van der Waals surface area contributed by atoms with Crippen LogP contribution in [-0.4, -0.2) is 28.6 Å². The summed E-state index contributed by atoms with van der Waals surface area (Å²) in [5.41, 5.74) is 0. The summed E-state index contributed by atoms with van der Waals surface area (Å²) in [6.07, 6.45) is 3.58. The second kappa shape index (κ2) is 9.33. The molecule has 0 saturated carbocycles. The van der Waals surface area contributed by atoms with E-state index in [-0.39, 0.29) is 0 Å². The highest BCUT2D eigenvalue weighted by Crippen LogP contribution is 2.19. The molecule has 0 saturated heterocycles. The van der Waals surface area contributed by atoms with E-state index in [0.717, 1.165) is 12.5 Å². The van der Waals surface area contributed by atoms with Gasteiger partial charge in [-0.25, -0.2) is 0 Å². The molecule has 0 N–H and O–H groups in total. The van der Waals surface area contributed by atoms with Gasteiger partial charge in [-0.15, -0.1) is 0 Å². The van der Waals surface area contributed by atoms with Crippen molar-refractivity contribution in [3.05, 3.63) is 0 Å². The molecular weight excluding hydrogens is 208 g/mol. The second-order valence-corrected chi connectivity index (χ2v) is 6.17. The first-order valence-electron chi connectivity index (χ1n) is 6.16. The first kappa shape index (κ1) is 15.1. The van der Waals surface area contributed by atoms with Crippen molar-refractivity contribution in [1.82, 2.24) is 0 Å². The highest BCUT2D eigenvalue weighted by Gasteiger charge is 2.39. The Hall–Kier alpha value is 0.0969. The minimum atomic E-state index is -2.33. The summed E-state index contributed by atoms with van der Waals surface area (Å²) in [7, 11) is -2.33. The summed E-state index contributed by atoms with van der Waals surface area (Å²) in [6.45, 7) is 10.2. The Labute approximate surface area is 95.5 Å². The maximum Gasteiger partial charge on any atom is 0.500 e. The zero-order chi connectivity index (χ0) is 11.6. The topological polar surface area (TPSA) is 27.7 Å². The molecule has 0 aliphatic heterocycles. The molecule has 0 aromatic heterocycles. The molecule has 0 radical (unpaired) electrons. The molecule has 0 unspecified atom stereocenters. The van der Waals surface area contributed by atoms with Gasteiger partial charge in [-0.3, -0.25) is 0 Å². The minimum Gasteiger partial charge on any atom is -0.374 e. The Balaban J connectivity index is 4.18. The van der Waals surface area contributed by atoms with Crippen LogP contribution in [0.25, 0.3) is 0 Å². The van der Waals surface area contributed by atoms with Crippen LogP contribution < -0.4 is 0 Å². The highest BCUT2D eigenvalue weighted by atomic mass is 28.4. The van der Waals surface area contributed by atoms with Crippen molar-refractivity contribution >= 4 is 8.80 Å². The number of rotatable bonds is 10. The normalized spacial score (nSPS) is 12.0. The van der Waals surface area contributed by atoms with E-state index in [4.69, 9.17) is 13.3 Å². The average Bonchev–Trinajstić information content (AvgIpc) is 2.19. The third kappa shape index (κ3) is 6.30. The Morgan fingerprint density at radius 3 is 1.53 bits per heavy atom. The molecule has 0 aromatic rings. The van der Waals surface area contributed by atoms with E-state index in [9.17, 15) is 0 Å². The molecule has 0 aliphatic rings. The summed E-state index contributed by atoms with van der Waals surface area (Å²) in [5.74, 6) is 0. The van der Waals surface area contributed by atoms with Crippen molar-refractivity contribution in [2.75, 3.05) is 19.8 Å². The van der Waals surface area contributed by atoms with Crippen LogP contribution in [0, 0.1) is 0 Å². The lowest BCUT2D eigenvalue weighted by molar-refractivity contribution is 0.0707. The monoisotopic (exact) mass is 234 g/mol. The van der Waals surface area contributed by atoms with E-state index in [0.29, 0.717) is 19.8 Å². The van der Waals surface area contributed by atoms with Crippen LogP contribution in [0.15, 0.2) is 0 Å². The second-order valence-electron chi connectivity index (χ2n) is 3.44. The molecular formula is C11H26O3Si. The van der Waals surface area contributed by atoms with Gasteiger partial charge in [0.25, 0.3) is 0 Å². The first-order chi connectivity index (χ1) is 7.24. The van der Waals surface area contributed by atoms with E-state index in [2.05, 4.69) is 6.92 Å². The predicted molar refractivity (Wildman–Crippen MR) is 65.0 cm³/mol. The fraction of sp³-hybridized carbons (Fsp3) is 1.00. The average molecular weight is 234 g/mol. The maximum atomic E-state index is 5.75. The number of hydrogen-bond acceptors (Lipinski definition) is 3. The molecule has 0 fully saturated rings. The lowest BCUT2D eigenvalue weighted by Crippen LogP contribution is -2.45. The Morgan fingerprint density at radius 1 is 0.733 bits per heavy atom. The van der Waals surface area contributed by atoms with Gasteiger partial charge in [0.2, 0.25) is 0 Å². The molecule has 3 nitrogen and oxygen atoms in total. The lowest BCUT2D eigenvalue weighted by Gasteiger charge is -2.28. The Morgan fingerprint density at radius 2 is 1.20 bits per heavy atom. The molecule has 4 heteroatoms. The van der Waals surface area contributed by atoms with Gasteiger partial charge < -0.3 is 13.3 Å². The van der Waals surface area contributed by atoms with Gasteiger partial charge >= 0.3 is 8.80 Å². The molecule has 0 rings (SSSR count). The predicted octanol–water partition coefficient (Wildman–Crippen LogP) is 3.23. The first-order valence-corrected chi connectivity index (χ1v) is 8.09. The van der Waals surface area contributed by atoms with Crippen LogP contribution >= 0.6 is 0 Å². The zero-order valence-corrected chi connectivity index (χ0v) is 11.7. The molecule has 0 spiro atoms. The van der Waals surface area contributed by atoms with E-state index in [1.54, 1.807) is 0 Å². The minimum absolute atomic E-state index is 0.679. The van der Waals surface area contributed by atoms with Crippen molar-refractivity contribution in [1.29, 1.82) is 0 Å². The summed E-state index contributed by atoms with van der Waals surface area (Å²) in [6, 6.07) is 0.955. The van der Waals surface area contributed by atoms with E-state index < -0.39 is 8.80 Å². The molecule has 0 amide bonds. The van der Waals surface area contributed by atoms with Crippen LogP contribution in [-0.2, 0) is 13.3 Å². The van der Waals surface area contributed by atoms with Crippen molar-refractivity contribution < 1.29 is 13.3 Å². The molecule has 0 bridgehead atoms. The van der Waals surface area contributed by atoms with E-state index in [1.165, 1.54) is 12.8 Å². The van der Waals surface area contributed by atoms with E-state index in [1.807, 2.05) is 20.8 Å². The van der Waals surface area contributed by atoms with Gasteiger partial charge in [-0.1, -0.05) is 19.8 Å². The van der Waals surface area contributed by atoms with Gasteiger partial charge in [0, 0.05) is 25.9 Å².